The molecule has 492 valence electrons. The van der Waals surface area contributed by atoms with Gasteiger partial charge in [0, 0.05) is 83.2 Å². The maximum absolute atomic E-state index is 12.1. The highest BCUT2D eigenvalue weighted by Gasteiger charge is 2.42. The molecule has 0 saturated carbocycles. The van der Waals surface area contributed by atoms with E-state index < -0.39 is 40.6 Å². The van der Waals surface area contributed by atoms with Crippen molar-refractivity contribution < 1.29 is 108 Å². The lowest BCUT2D eigenvalue weighted by molar-refractivity contribution is -0.148. The van der Waals surface area contributed by atoms with E-state index in [1.807, 2.05) is 0 Å². The van der Waals surface area contributed by atoms with Crippen molar-refractivity contribution >= 4 is 91.1 Å². The summed E-state index contributed by atoms with van der Waals surface area (Å²) in [5, 5.41) is 87.9. The van der Waals surface area contributed by atoms with Crippen molar-refractivity contribution in [3.8, 4) is 46.0 Å². The maximum Gasteiger partial charge on any atom is 0.334 e. The van der Waals surface area contributed by atoms with Crippen LogP contribution in [0.3, 0.4) is 0 Å². The van der Waals surface area contributed by atoms with Crippen LogP contribution in [-0.4, -0.2) is 236 Å². The number of hydrogen-bond donors (Lipinski definition) is 9. The predicted molar refractivity (Wildman–Crippen MR) is 343 cm³/mol. The summed E-state index contributed by atoms with van der Waals surface area (Å²) < 4.78 is 47.3. The molecule has 9 N–H and O–H groups in total. The summed E-state index contributed by atoms with van der Waals surface area (Å²) in [6.45, 7) is 14.2. The van der Waals surface area contributed by atoms with Crippen LogP contribution < -0.4 is 9.47 Å². The van der Waals surface area contributed by atoms with Gasteiger partial charge in [-0.3, -0.25) is 20.0 Å². The summed E-state index contributed by atoms with van der Waals surface area (Å²) in [5.41, 5.74) is -0.892. The molecule has 4 heterocycles. The molecule has 0 saturated heterocycles. The van der Waals surface area contributed by atoms with Gasteiger partial charge in [-0.2, -0.15) is 0 Å². The number of benzene rings is 4. The number of phenols is 6. The van der Waals surface area contributed by atoms with Gasteiger partial charge in [0.05, 0.1) is 72.7 Å². The molecule has 4 aromatic rings. The minimum Gasteiger partial charge on any atom is -0.508 e. The van der Waals surface area contributed by atoms with Crippen molar-refractivity contribution in [3.05, 3.63) is 94.5 Å². The van der Waals surface area contributed by atoms with Crippen LogP contribution in [0.25, 0.3) is 0 Å². The van der Waals surface area contributed by atoms with E-state index in [1.165, 1.54) is 96.4 Å². The molecule has 4 aromatic carbocycles. The second-order valence-electron chi connectivity index (χ2n) is 20.2. The number of carbonyl (C=O) groups is 4. The second-order valence-corrected chi connectivity index (χ2v) is 24.1. The van der Waals surface area contributed by atoms with E-state index in [9.17, 15) is 54.9 Å². The van der Waals surface area contributed by atoms with Crippen LogP contribution in [0.5, 0.6) is 46.0 Å². The van der Waals surface area contributed by atoms with Crippen LogP contribution >= 0.6 is 47.0 Å². The standard InChI is InChI=1S/C20H29NO7S.C18H25NO7S.2C11H11NO4S/c1-4-27-19(23)20(2)14-29-18(21-20)16-6-5-15(13-17(16)22)28-12-11-26-10-9-25-8-7-24-3;1-18(17(21)22)12-27-16(19-18)14-4-3-13(11-15(14)20)26-10-9-25-8-7-24-6-5-23-2;1-11(10(15)16)5-17-9(12-11)7-3-2-6(13)4-8(7)14;1-5-8(13)3-2-6(9(5)14)10-12-7(4-17-10)11(15)16/h5-6,13,22H,4,7-12,14H2,1-3H3;3-4,11,20H,5-10,12H2,1-2H3,(H,21,22);2-4,13-14H,5H2,1H3,(H,15,16);2-3,7,13-14H,4H2,1H3,(H,15,16)/t20-;18-;11-;7-/m1111/s1. The summed E-state index contributed by atoms with van der Waals surface area (Å²) in [6.07, 6.45) is 0. The van der Waals surface area contributed by atoms with E-state index in [2.05, 4.69) is 20.0 Å². The van der Waals surface area contributed by atoms with Crippen molar-refractivity contribution in [2.24, 2.45) is 20.0 Å². The van der Waals surface area contributed by atoms with Crippen LogP contribution in [0, 0.1) is 6.92 Å². The summed E-state index contributed by atoms with van der Waals surface area (Å²) >= 11 is 5.30. The molecule has 0 spiro atoms. The number of methoxy groups -OCH3 is 2. The van der Waals surface area contributed by atoms with Crippen molar-refractivity contribution in [1.29, 1.82) is 0 Å². The van der Waals surface area contributed by atoms with Gasteiger partial charge in [0.25, 0.3) is 0 Å². The summed E-state index contributed by atoms with van der Waals surface area (Å²) in [6, 6.07) is 16.3. The normalized spacial score (nSPS) is 19.7. The van der Waals surface area contributed by atoms with Crippen molar-refractivity contribution in [2.75, 3.05) is 123 Å². The van der Waals surface area contributed by atoms with E-state index in [0.29, 0.717) is 168 Å². The molecular formula is C60H76N4O22S4. The van der Waals surface area contributed by atoms with Crippen LogP contribution in [0.1, 0.15) is 55.5 Å². The predicted octanol–water partition coefficient (Wildman–Crippen LogP) is 6.84. The number of aromatic hydroxyl groups is 6. The Bertz CT molecular complexity index is 3220. The van der Waals surface area contributed by atoms with Gasteiger partial charge < -0.3 is 88.6 Å². The molecular weight excluding hydrogens is 1260 g/mol. The van der Waals surface area contributed by atoms with Crippen LogP contribution in [-0.2, 0) is 52.3 Å². The average molecular weight is 1330 g/mol. The SMILES string of the molecule is CCOC(=O)[C@@]1(C)CSC(c2ccc(OCCOCCOCCOC)cc2O)=N1.COCCOCCOCCOc1ccc(C2=N[C@@](C)(C(=O)O)CS2)c(O)c1.C[C@]1(C(=O)O)CSC(c2ccc(O)cc2O)=N1.Cc1c(O)ccc(C2=N[C@@H](C(=O)O)CS2)c1O. The number of aliphatic imine (C=N–C) groups is 4. The monoisotopic (exact) mass is 1330 g/mol. The highest BCUT2D eigenvalue weighted by Crippen LogP contribution is 2.39. The zero-order valence-electron chi connectivity index (χ0n) is 50.7. The van der Waals surface area contributed by atoms with Crippen molar-refractivity contribution in [1.82, 2.24) is 0 Å². The molecule has 0 amide bonds. The number of carbonyl (C=O) groups excluding carboxylic acids is 1. The number of aliphatic carboxylic acids is 3. The fourth-order valence-electron chi connectivity index (χ4n) is 7.66. The Morgan fingerprint density at radius 3 is 1.29 bits per heavy atom. The molecule has 4 atom stereocenters. The zero-order chi connectivity index (χ0) is 66.0. The van der Waals surface area contributed by atoms with E-state index >= 15 is 0 Å². The number of carboxylic acid groups (broad SMARTS) is 3. The number of ether oxygens (including phenoxy) is 9. The van der Waals surface area contributed by atoms with E-state index in [0.717, 1.165) is 0 Å². The Labute approximate surface area is 537 Å². The number of phenolic OH excluding ortho intramolecular Hbond substituents is 6. The Balaban J connectivity index is 0.000000224. The highest BCUT2D eigenvalue weighted by atomic mass is 32.2. The quantitative estimate of drug-likeness (QED) is 0.0198. The average Bonchev–Trinajstić information content (AvgIpc) is 1.88. The molecule has 0 unspecified atom stereocenters. The molecule has 8 rings (SSSR count). The van der Waals surface area contributed by atoms with Gasteiger partial charge >= 0.3 is 23.9 Å². The Kier molecular flexibility index (Phi) is 29.6. The van der Waals surface area contributed by atoms with Gasteiger partial charge in [0.1, 0.15) is 79.4 Å². The van der Waals surface area contributed by atoms with Gasteiger partial charge in [-0.15, -0.1) is 47.0 Å². The molecule has 0 aliphatic carbocycles. The molecule has 0 fully saturated rings. The van der Waals surface area contributed by atoms with Crippen LogP contribution in [0.2, 0.25) is 0 Å². The number of rotatable bonds is 29. The minimum absolute atomic E-state index is 0.000787. The Morgan fingerprint density at radius 2 is 0.900 bits per heavy atom. The van der Waals surface area contributed by atoms with Crippen molar-refractivity contribution in [3.63, 3.8) is 0 Å². The Hall–Kier alpha value is -7.00. The lowest BCUT2D eigenvalue weighted by Gasteiger charge is -2.16. The van der Waals surface area contributed by atoms with Crippen molar-refractivity contribution in [2.45, 2.75) is 57.3 Å². The molecule has 26 nitrogen and oxygen atoms in total. The fraction of sp³-hybridized carbons (Fsp3) is 0.467. The van der Waals surface area contributed by atoms with Gasteiger partial charge in [-0.05, 0) is 83.1 Å². The molecule has 0 bridgehead atoms. The smallest absolute Gasteiger partial charge is 0.334 e. The largest absolute Gasteiger partial charge is 0.508 e. The zero-order valence-corrected chi connectivity index (χ0v) is 54.0. The van der Waals surface area contributed by atoms with Gasteiger partial charge in [-0.25, -0.2) is 19.2 Å². The van der Waals surface area contributed by atoms with Crippen LogP contribution in [0.15, 0.2) is 86.7 Å². The summed E-state index contributed by atoms with van der Waals surface area (Å²) in [4.78, 5) is 62.0. The third-order valence-corrected chi connectivity index (χ3v) is 17.9. The summed E-state index contributed by atoms with van der Waals surface area (Å²) in [5.74, 6) is -0.900. The Morgan fingerprint density at radius 1 is 0.500 bits per heavy atom. The topological polar surface area (TPSA) is 383 Å². The lowest BCUT2D eigenvalue weighted by atomic mass is 10.1. The van der Waals surface area contributed by atoms with E-state index in [-0.39, 0.29) is 40.5 Å². The molecule has 90 heavy (non-hydrogen) atoms. The molecule has 30 heteroatoms. The number of nitrogens with zero attached hydrogens (tertiary/aromatic N) is 4. The first-order valence-corrected chi connectivity index (χ1v) is 31.8. The number of hydrogen-bond acceptors (Lipinski definition) is 27. The lowest BCUT2D eigenvalue weighted by Crippen LogP contribution is -2.35. The maximum atomic E-state index is 12.1. The molecule has 4 aliphatic rings. The third kappa shape index (κ3) is 21.9. The molecule has 4 aliphatic heterocycles. The molecule has 0 radical (unpaired) electrons. The first-order valence-electron chi connectivity index (χ1n) is 27.9. The number of esters is 1. The van der Waals surface area contributed by atoms with Crippen LogP contribution in [0.4, 0.5) is 0 Å². The van der Waals surface area contributed by atoms with Gasteiger partial charge in [0.15, 0.2) is 22.7 Å². The first kappa shape index (κ1) is 73.7. The minimum atomic E-state index is -1.16. The fourth-order valence-corrected chi connectivity index (χ4v) is 12.3. The third-order valence-electron chi connectivity index (χ3n) is 12.9. The van der Waals surface area contributed by atoms with E-state index in [4.69, 9.17) is 52.8 Å². The first-order chi connectivity index (χ1) is 42.9. The van der Waals surface area contributed by atoms with Gasteiger partial charge in [-0.1, -0.05) is 0 Å². The molecule has 0 aromatic heterocycles. The highest BCUT2D eigenvalue weighted by molar-refractivity contribution is 8.15. The van der Waals surface area contributed by atoms with E-state index in [1.54, 1.807) is 66.2 Å². The summed E-state index contributed by atoms with van der Waals surface area (Å²) in [7, 11) is 3.25. The van der Waals surface area contributed by atoms with Gasteiger partial charge in [0.2, 0.25) is 0 Å². The second kappa shape index (κ2) is 36.1. The number of carboxylic acids is 3. The number of thioether (sulfide) groups is 4.